The van der Waals surface area contributed by atoms with E-state index in [9.17, 15) is 19.2 Å². The van der Waals surface area contributed by atoms with Gasteiger partial charge in [-0.1, -0.05) is 0 Å². The molecule has 24 heavy (non-hydrogen) atoms. The molecule has 1 saturated heterocycles. The van der Waals surface area contributed by atoms with Crippen molar-refractivity contribution in [2.75, 3.05) is 6.54 Å². The van der Waals surface area contributed by atoms with Gasteiger partial charge in [0.2, 0.25) is 11.8 Å². The maximum atomic E-state index is 12.3. The lowest BCUT2D eigenvalue weighted by Gasteiger charge is -2.26. The van der Waals surface area contributed by atoms with Crippen LogP contribution in [0.3, 0.4) is 0 Å². The number of hydrogen-bond donors (Lipinski definition) is 2. The number of alkyl carbamates (subject to hydrolysis) is 1. The summed E-state index contributed by atoms with van der Waals surface area (Å²) in [7, 11) is 0. The van der Waals surface area contributed by atoms with Crippen molar-refractivity contribution in [3.63, 3.8) is 0 Å². The van der Waals surface area contributed by atoms with Crippen molar-refractivity contribution >= 4 is 24.2 Å². The molecule has 1 fully saturated rings. The van der Waals surface area contributed by atoms with E-state index in [4.69, 9.17) is 4.74 Å². The van der Waals surface area contributed by atoms with E-state index < -0.39 is 35.7 Å². The summed E-state index contributed by atoms with van der Waals surface area (Å²) in [6, 6.07) is -2.05. The van der Waals surface area contributed by atoms with Gasteiger partial charge < -0.3 is 25.1 Å². The van der Waals surface area contributed by atoms with Gasteiger partial charge in [-0.3, -0.25) is 9.59 Å². The van der Waals surface area contributed by atoms with E-state index in [0.717, 1.165) is 12.7 Å². The molecule has 0 bridgehead atoms. The molecule has 3 amide bonds. The summed E-state index contributed by atoms with van der Waals surface area (Å²) >= 11 is 0. The van der Waals surface area contributed by atoms with Crippen molar-refractivity contribution in [1.29, 1.82) is 0 Å². The van der Waals surface area contributed by atoms with Crippen molar-refractivity contribution in [2.45, 2.75) is 71.2 Å². The molecule has 0 spiro atoms. The highest BCUT2D eigenvalue weighted by molar-refractivity contribution is 5.91. The van der Waals surface area contributed by atoms with E-state index in [1.54, 1.807) is 27.7 Å². The van der Waals surface area contributed by atoms with Gasteiger partial charge in [0.15, 0.2) is 0 Å². The zero-order valence-electron chi connectivity index (χ0n) is 14.9. The maximum absolute atomic E-state index is 12.3. The molecule has 0 aromatic rings. The number of ether oxygens (including phenoxy) is 1. The van der Waals surface area contributed by atoms with Crippen LogP contribution < -0.4 is 10.6 Å². The van der Waals surface area contributed by atoms with Crippen molar-refractivity contribution in [2.24, 2.45) is 0 Å². The molecule has 8 nitrogen and oxygen atoms in total. The summed E-state index contributed by atoms with van der Waals surface area (Å²) in [5.74, 6) is -0.800. The van der Waals surface area contributed by atoms with E-state index in [1.807, 2.05) is 0 Å². The van der Waals surface area contributed by atoms with E-state index in [1.165, 1.54) is 11.8 Å². The number of aldehydes is 1. The Kier molecular flexibility index (Phi) is 6.74. The topological polar surface area (TPSA) is 105 Å². The molecule has 0 aromatic heterocycles. The number of nitrogens with one attached hydrogen (secondary N) is 2. The van der Waals surface area contributed by atoms with Crippen molar-refractivity contribution < 1.29 is 23.9 Å². The highest BCUT2D eigenvalue weighted by Gasteiger charge is 2.32. The Morgan fingerprint density at radius 2 is 1.79 bits per heavy atom. The summed E-state index contributed by atoms with van der Waals surface area (Å²) < 4.78 is 5.08. The number of amides is 3. The van der Waals surface area contributed by atoms with E-state index in [0.29, 0.717) is 13.0 Å². The molecule has 0 aliphatic carbocycles. The lowest BCUT2D eigenvalue weighted by Crippen LogP contribution is -2.53. The molecule has 8 heteroatoms. The average Bonchev–Trinajstić information content (AvgIpc) is 2.92. The molecule has 1 rings (SSSR count). The number of nitrogens with zero attached hydrogens (tertiary/aromatic N) is 1. The number of likely N-dealkylation sites (tertiary alicyclic amines) is 1. The third kappa shape index (κ3) is 5.82. The summed E-state index contributed by atoms with van der Waals surface area (Å²) in [5, 5.41) is 4.97. The first kappa shape index (κ1) is 19.9. The zero-order valence-corrected chi connectivity index (χ0v) is 14.9. The first-order valence-electron chi connectivity index (χ1n) is 8.11. The summed E-state index contributed by atoms with van der Waals surface area (Å²) in [6.07, 6.45) is 1.47. The minimum atomic E-state index is -0.851. The van der Waals surface area contributed by atoms with Crippen LogP contribution in [-0.2, 0) is 19.1 Å². The Labute approximate surface area is 142 Å². The highest BCUT2D eigenvalue weighted by Crippen LogP contribution is 2.16. The number of carbonyl (C=O) groups is 4. The van der Waals surface area contributed by atoms with Crippen LogP contribution in [0.4, 0.5) is 4.79 Å². The predicted octanol–water partition coefficient (Wildman–Crippen LogP) is 0.594. The molecule has 0 unspecified atom stereocenters. The number of hydrogen-bond acceptors (Lipinski definition) is 5. The molecule has 1 aliphatic heterocycles. The van der Waals surface area contributed by atoms with Crippen molar-refractivity contribution in [3.05, 3.63) is 0 Å². The maximum Gasteiger partial charge on any atom is 0.408 e. The van der Waals surface area contributed by atoms with E-state index >= 15 is 0 Å². The average molecular weight is 341 g/mol. The minimum Gasteiger partial charge on any atom is -0.444 e. The lowest BCUT2D eigenvalue weighted by atomic mass is 10.2. The summed E-state index contributed by atoms with van der Waals surface area (Å²) in [4.78, 5) is 48.5. The fourth-order valence-corrected chi connectivity index (χ4v) is 2.41. The Balaban J connectivity index is 2.52. The number of rotatable bonds is 5. The highest BCUT2D eigenvalue weighted by atomic mass is 16.6. The van der Waals surface area contributed by atoms with Crippen LogP contribution in [-0.4, -0.2) is 59.4 Å². The van der Waals surface area contributed by atoms with Gasteiger partial charge in [-0.05, 0) is 47.5 Å². The fourth-order valence-electron chi connectivity index (χ4n) is 2.41. The van der Waals surface area contributed by atoms with Crippen LogP contribution in [0.25, 0.3) is 0 Å². The lowest BCUT2D eigenvalue weighted by molar-refractivity contribution is -0.138. The quantitative estimate of drug-likeness (QED) is 0.712. The summed E-state index contributed by atoms with van der Waals surface area (Å²) in [5.41, 5.74) is -0.664. The van der Waals surface area contributed by atoms with Gasteiger partial charge in [-0.2, -0.15) is 0 Å². The second kappa shape index (κ2) is 8.12. The Morgan fingerprint density at radius 3 is 2.33 bits per heavy atom. The van der Waals surface area contributed by atoms with Crippen molar-refractivity contribution in [3.8, 4) is 0 Å². The smallest absolute Gasteiger partial charge is 0.408 e. The second-order valence-corrected chi connectivity index (χ2v) is 6.98. The second-order valence-electron chi connectivity index (χ2n) is 6.98. The monoisotopic (exact) mass is 341 g/mol. The van der Waals surface area contributed by atoms with Gasteiger partial charge in [0.1, 0.15) is 24.0 Å². The Morgan fingerprint density at radius 1 is 1.17 bits per heavy atom. The molecule has 2 N–H and O–H groups in total. The molecule has 1 aliphatic rings. The zero-order chi connectivity index (χ0) is 18.5. The minimum absolute atomic E-state index is 0.303. The molecule has 1 heterocycles. The molecule has 136 valence electrons. The van der Waals surface area contributed by atoms with Crippen LogP contribution >= 0.6 is 0 Å². The normalized spacial score (nSPS) is 20.0. The van der Waals surface area contributed by atoms with Crippen molar-refractivity contribution in [1.82, 2.24) is 15.5 Å². The number of carbonyl (C=O) groups excluding carboxylic acids is 4. The molecular weight excluding hydrogens is 314 g/mol. The van der Waals surface area contributed by atoms with Gasteiger partial charge in [0, 0.05) is 6.54 Å². The van der Waals surface area contributed by atoms with Crippen LogP contribution in [0.1, 0.15) is 47.5 Å². The Hall–Kier alpha value is -2.12. The molecule has 3 atom stereocenters. The van der Waals surface area contributed by atoms with Crippen LogP contribution in [0, 0.1) is 0 Å². The van der Waals surface area contributed by atoms with Gasteiger partial charge in [-0.25, -0.2) is 4.79 Å². The third-order valence-corrected chi connectivity index (χ3v) is 3.60. The molecular formula is C16H27N3O5. The first-order chi connectivity index (χ1) is 11.0. The SMILES string of the molecule is C[C@H](NC(=O)OC(C)(C)C)C(=O)N[C@@H](C)C(=O)N1CCC[C@H]1C=O. The standard InChI is InChI=1S/C16H27N3O5/c1-10(18-15(23)24-16(3,4)5)13(21)17-11(2)14(22)19-8-6-7-12(19)9-20/h9-12H,6-8H2,1-5H3,(H,17,21)(H,18,23)/t10-,11-,12-/m0/s1. The van der Waals surface area contributed by atoms with Crippen LogP contribution in [0.5, 0.6) is 0 Å². The van der Waals surface area contributed by atoms with Crippen LogP contribution in [0.15, 0.2) is 0 Å². The predicted molar refractivity (Wildman–Crippen MR) is 87.2 cm³/mol. The van der Waals surface area contributed by atoms with E-state index in [-0.39, 0.29) is 5.91 Å². The molecule has 0 aromatic carbocycles. The Bertz CT molecular complexity index is 500. The molecule has 0 saturated carbocycles. The van der Waals surface area contributed by atoms with Gasteiger partial charge in [0.25, 0.3) is 0 Å². The first-order valence-corrected chi connectivity index (χ1v) is 8.11. The fraction of sp³-hybridized carbons (Fsp3) is 0.750. The third-order valence-electron chi connectivity index (χ3n) is 3.60. The summed E-state index contributed by atoms with van der Waals surface area (Å²) in [6.45, 7) is 8.72. The molecule has 0 radical (unpaired) electrons. The van der Waals surface area contributed by atoms with Gasteiger partial charge in [0.05, 0.1) is 6.04 Å². The van der Waals surface area contributed by atoms with Crippen LogP contribution in [0.2, 0.25) is 0 Å². The van der Waals surface area contributed by atoms with Gasteiger partial charge in [-0.15, -0.1) is 0 Å². The van der Waals surface area contributed by atoms with E-state index in [2.05, 4.69) is 10.6 Å². The van der Waals surface area contributed by atoms with Gasteiger partial charge >= 0.3 is 6.09 Å². The largest absolute Gasteiger partial charge is 0.444 e.